The number of rotatable bonds is 13. The zero-order valence-corrected chi connectivity index (χ0v) is 19.5. The quantitative estimate of drug-likeness (QED) is 0.315. The zero-order valence-electron chi connectivity index (χ0n) is 18.6. The SMILES string of the molecule is CCCN(CCC)P(=Nc1ccccc1)(Oc1ccccc1)N(CCC)CCC. The Morgan fingerprint density at radius 1 is 0.655 bits per heavy atom. The van der Waals surface area contributed by atoms with Crippen LogP contribution >= 0.6 is 7.58 Å². The van der Waals surface area contributed by atoms with Crippen molar-refractivity contribution in [3.63, 3.8) is 0 Å². The normalized spacial score (nSPS) is 11.8. The lowest BCUT2D eigenvalue weighted by Gasteiger charge is -2.42. The molecule has 2 rings (SSSR count). The predicted octanol–water partition coefficient (Wildman–Crippen LogP) is 7.59. The van der Waals surface area contributed by atoms with Crippen LogP contribution < -0.4 is 4.52 Å². The van der Waals surface area contributed by atoms with Gasteiger partial charge in [-0.2, -0.15) is 0 Å². The molecule has 0 radical (unpaired) electrons. The molecule has 2 aromatic carbocycles. The minimum Gasteiger partial charge on any atom is -0.435 e. The van der Waals surface area contributed by atoms with E-state index in [0.717, 1.165) is 63.3 Å². The van der Waals surface area contributed by atoms with E-state index in [9.17, 15) is 0 Å². The van der Waals surface area contributed by atoms with Crippen molar-refractivity contribution in [1.29, 1.82) is 0 Å². The van der Waals surface area contributed by atoms with E-state index in [2.05, 4.69) is 73.4 Å². The lowest BCUT2D eigenvalue weighted by Crippen LogP contribution is -2.36. The van der Waals surface area contributed by atoms with Crippen molar-refractivity contribution in [3.8, 4) is 5.75 Å². The summed E-state index contributed by atoms with van der Waals surface area (Å²) in [5, 5.41) is 0. The summed E-state index contributed by atoms with van der Waals surface area (Å²) in [4.78, 5) is 0. The molecule has 2 aromatic rings. The first-order valence-corrected chi connectivity index (χ1v) is 12.7. The van der Waals surface area contributed by atoms with Gasteiger partial charge in [-0.1, -0.05) is 64.1 Å². The molecule has 0 aliphatic rings. The van der Waals surface area contributed by atoms with E-state index in [0.29, 0.717) is 0 Å². The highest BCUT2D eigenvalue weighted by Crippen LogP contribution is 2.59. The highest BCUT2D eigenvalue weighted by atomic mass is 31.2. The van der Waals surface area contributed by atoms with Gasteiger partial charge in [-0.05, 0) is 49.9 Å². The summed E-state index contributed by atoms with van der Waals surface area (Å²) in [6.45, 7) is 12.9. The van der Waals surface area contributed by atoms with E-state index in [1.807, 2.05) is 24.3 Å². The van der Waals surface area contributed by atoms with Crippen LogP contribution in [0.2, 0.25) is 0 Å². The Morgan fingerprint density at radius 3 is 1.48 bits per heavy atom. The molecule has 0 heterocycles. The minimum absolute atomic E-state index is 0.898. The number of nitrogens with zero attached hydrogens (tertiary/aromatic N) is 3. The maximum Gasteiger partial charge on any atom is 0.284 e. The molecule has 0 atom stereocenters. The molecule has 0 saturated heterocycles. The minimum atomic E-state index is -2.43. The van der Waals surface area contributed by atoms with Crippen LogP contribution in [-0.2, 0) is 0 Å². The number of hydrogen-bond acceptors (Lipinski definition) is 2. The van der Waals surface area contributed by atoms with Crippen LogP contribution in [0.1, 0.15) is 53.4 Å². The lowest BCUT2D eigenvalue weighted by molar-refractivity contribution is 0.317. The summed E-state index contributed by atoms with van der Waals surface area (Å²) < 4.78 is 17.4. The Balaban J connectivity index is 2.71. The molecule has 160 valence electrons. The largest absolute Gasteiger partial charge is 0.435 e. The van der Waals surface area contributed by atoms with Crippen LogP contribution in [0.3, 0.4) is 0 Å². The van der Waals surface area contributed by atoms with Gasteiger partial charge in [0.1, 0.15) is 5.75 Å². The molecule has 0 saturated carbocycles. The van der Waals surface area contributed by atoms with Gasteiger partial charge < -0.3 is 4.52 Å². The Labute approximate surface area is 178 Å². The molecule has 0 spiro atoms. The van der Waals surface area contributed by atoms with Gasteiger partial charge in [0.2, 0.25) is 0 Å². The monoisotopic (exact) mass is 415 g/mol. The molecule has 5 heteroatoms. The maximum atomic E-state index is 6.94. The third kappa shape index (κ3) is 6.70. The van der Waals surface area contributed by atoms with Crippen LogP contribution in [0.5, 0.6) is 5.75 Å². The molecular formula is C24H38N3OP. The Morgan fingerprint density at radius 2 is 1.07 bits per heavy atom. The Bertz CT molecular complexity index is 704. The average Bonchev–Trinajstić information content (AvgIpc) is 2.74. The van der Waals surface area contributed by atoms with E-state index < -0.39 is 7.58 Å². The first kappa shape index (κ1) is 23.7. The molecule has 4 nitrogen and oxygen atoms in total. The fourth-order valence-electron chi connectivity index (χ4n) is 3.49. The topological polar surface area (TPSA) is 28.1 Å². The summed E-state index contributed by atoms with van der Waals surface area (Å²) in [7, 11) is -2.43. The fraction of sp³-hybridized carbons (Fsp3) is 0.500. The van der Waals surface area contributed by atoms with Crippen LogP contribution in [0, 0.1) is 0 Å². The van der Waals surface area contributed by atoms with Crippen molar-refractivity contribution in [2.24, 2.45) is 4.74 Å². The van der Waals surface area contributed by atoms with Crippen molar-refractivity contribution in [2.75, 3.05) is 26.2 Å². The van der Waals surface area contributed by atoms with Gasteiger partial charge in [-0.25, -0.2) is 14.1 Å². The smallest absolute Gasteiger partial charge is 0.284 e. The molecule has 0 bridgehead atoms. The fourth-order valence-corrected chi connectivity index (χ4v) is 7.05. The third-order valence-electron chi connectivity index (χ3n) is 4.64. The van der Waals surface area contributed by atoms with Gasteiger partial charge in [-0.15, -0.1) is 0 Å². The van der Waals surface area contributed by atoms with E-state index in [-0.39, 0.29) is 0 Å². The van der Waals surface area contributed by atoms with Crippen LogP contribution in [0.25, 0.3) is 0 Å². The highest BCUT2D eigenvalue weighted by molar-refractivity contribution is 7.57. The summed E-state index contributed by atoms with van der Waals surface area (Å²) in [6.07, 6.45) is 4.32. The predicted molar refractivity (Wildman–Crippen MR) is 127 cm³/mol. The summed E-state index contributed by atoms with van der Waals surface area (Å²) in [6, 6.07) is 20.6. The first-order valence-electron chi connectivity index (χ1n) is 11.1. The van der Waals surface area contributed by atoms with Gasteiger partial charge in [0, 0.05) is 26.2 Å². The number of para-hydroxylation sites is 1. The second kappa shape index (κ2) is 12.8. The molecule has 0 N–H and O–H groups in total. The van der Waals surface area contributed by atoms with Gasteiger partial charge in [0.15, 0.2) is 0 Å². The van der Waals surface area contributed by atoms with Crippen molar-refractivity contribution >= 4 is 13.3 Å². The third-order valence-corrected chi connectivity index (χ3v) is 7.86. The maximum absolute atomic E-state index is 6.94. The molecule has 0 fully saturated rings. The molecule has 29 heavy (non-hydrogen) atoms. The first-order chi connectivity index (χ1) is 14.2. The Kier molecular flexibility index (Phi) is 10.5. The molecule has 0 aromatic heterocycles. The highest BCUT2D eigenvalue weighted by Gasteiger charge is 2.36. The lowest BCUT2D eigenvalue weighted by atomic mass is 10.3. The summed E-state index contributed by atoms with van der Waals surface area (Å²) in [5.41, 5.74) is 0.992. The van der Waals surface area contributed by atoms with Crippen LogP contribution in [0.15, 0.2) is 65.4 Å². The van der Waals surface area contributed by atoms with Gasteiger partial charge >= 0.3 is 0 Å². The van der Waals surface area contributed by atoms with Crippen molar-refractivity contribution in [3.05, 3.63) is 60.7 Å². The average molecular weight is 416 g/mol. The van der Waals surface area contributed by atoms with E-state index in [4.69, 9.17) is 9.27 Å². The van der Waals surface area contributed by atoms with E-state index in [1.54, 1.807) is 0 Å². The van der Waals surface area contributed by atoms with Crippen LogP contribution in [-0.4, -0.2) is 35.5 Å². The van der Waals surface area contributed by atoms with Gasteiger partial charge in [0.25, 0.3) is 7.58 Å². The van der Waals surface area contributed by atoms with Crippen molar-refractivity contribution in [2.45, 2.75) is 53.4 Å². The van der Waals surface area contributed by atoms with Crippen molar-refractivity contribution in [1.82, 2.24) is 9.34 Å². The van der Waals surface area contributed by atoms with Gasteiger partial charge in [-0.3, -0.25) is 0 Å². The van der Waals surface area contributed by atoms with Gasteiger partial charge in [0.05, 0.1) is 5.69 Å². The van der Waals surface area contributed by atoms with Crippen molar-refractivity contribution < 1.29 is 4.52 Å². The second-order valence-corrected chi connectivity index (χ2v) is 9.80. The standard InChI is InChI=1S/C24H38N3OP/c1-5-19-26(20-6-2)29(27(21-7-3)22-8-4,25-23-15-11-9-12-16-23)28-24-17-13-10-14-18-24/h9-18H,5-8,19-22H2,1-4H3. The summed E-state index contributed by atoms with van der Waals surface area (Å²) in [5.74, 6) is 0.898. The molecule has 0 aliphatic heterocycles. The molecule has 0 unspecified atom stereocenters. The van der Waals surface area contributed by atoms with Crippen LogP contribution in [0.4, 0.5) is 5.69 Å². The summed E-state index contributed by atoms with van der Waals surface area (Å²) >= 11 is 0. The van der Waals surface area contributed by atoms with E-state index in [1.165, 1.54) is 0 Å². The molecular weight excluding hydrogens is 377 g/mol. The zero-order chi connectivity index (χ0) is 21.0. The molecule has 0 amide bonds. The number of benzene rings is 2. The number of hydrogen-bond donors (Lipinski definition) is 0. The second-order valence-electron chi connectivity index (χ2n) is 7.26. The van der Waals surface area contributed by atoms with E-state index >= 15 is 0 Å². The molecule has 0 aliphatic carbocycles. The Hall–Kier alpha value is -1.61.